The van der Waals surface area contributed by atoms with Crippen LogP contribution in [0.5, 0.6) is 0 Å². The Morgan fingerprint density at radius 3 is 2.82 bits per heavy atom. The normalized spacial score (nSPS) is 11.9. The molecule has 98 valence electrons. The summed E-state index contributed by atoms with van der Waals surface area (Å²) in [6.45, 7) is 3.39. The fraction of sp³-hybridized carbons (Fsp3) is 0.700. The molecule has 0 saturated carbocycles. The molecule has 0 amide bonds. The highest BCUT2D eigenvalue weighted by Crippen LogP contribution is 1.95. The molecule has 0 aliphatic carbocycles. The van der Waals surface area contributed by atoms with Crippen LogP contribution >= 0.6 is 0 Å². The van der Waals surface area contributed by atoms with Gasteiger partial charge in [-0.05, 0) is 31.9 Å². The first-order chi connectivity index (χ1) is 8.03. The molecule has 0 bridgehead atoms. The monoisotopic (exact) mass is 260 g/mol. The molecule has 1 aromatic rings. The van der Waals surface area contributed by atoms with Crippen molar-refractivity contribution in [1.29, 1.82) is 0 Å². The third-order valence-electron chi connectivity index (χ3n) is 2.29. The van der Waals surface area contributed by atoms with Gasteiger partial charge in [0.15, 0.2) is 0 Å². The third kappa shape index (κ3) is 5.81. The average molecular weight is 260 g/mol. The summed E-state index contributed by atoms with van der Waals surface area (Å²) in [5.74, 6) is 0.141. The van der Waals surface area contributed by atoms with Crippen LogP contribution in [0.2, 0.25) is 0 Å². The van der Waals surface area contributed by atoms with E-state index in [0.29, 0.717) is 26.1 Å². The summed E-state index contributed by atoms with van der Waals surface area (Å²) in [5, 5.41) is 4.08. The van der Waals surface area contributed by atoms with Crippen molar-refractivity contribution in [3.8, 4) is 0 Å². The highest BCUT2D eigenvalue weighted by atomic mass is 32.2. The zero-order chi connectivity index (χ0) is 12.7. The standard InChI is InChI=1S/C10H20N4O2S/c1-10-8-12-14(9-10)6-5-13-17(15,16)7-3-2-4-11/h8-9,13H,2-7,11H2,1H3. The van der Waals surface area contributed by atoms with Gasteiger partial charge in [0.1, 0.15) is 0 Å². The van der Waals surface area contributed by atoms with E-state index in [1.165, 1.54) is 0 Å². The summed E-state index contributed by atoms with van der Waals surface area (Å²) in [6, 6.07) is 0. The zero-order valence-electron chi connectivity index (χ0n) is 10.1. The second kappa shape index (κ2) is 6.73. The van der Waals surface area contributed by atoms with Crippen molar-refractivity contribution in [3.63, 3.8) is 0 Å². The molecule has 6 nitrogen and oxygen atoms in total. The minimum Gasteiger partial charge on any atom is -0.330 e. The van der Waals surface area contributed by atoms with Crippen molar-refractivity contribution in [3.05, 3.63) is 18.0 Å². The molecular formula is C10H20N4O2S. The Morgan fingerprint density at radius 1 is 1.47 bits per heavy atom. The van der Waals surface area contributed by atoms with E-state index in [-0.39, 0.29) is 5.75 Å². The van der Waals surface area contributed by atoms with Crippen LogP contribution in [0.4, 0.5) is 0 Å². The van der Waals surface area contributed by atoms with Crippen LogP contribution in [-0.2, 0) is 16.6 Å². The number of rotatable bonds is 8. The molecule has 17 heavy (non-hydrogen) atoms. The summed E-state index contributed by atoms with van der Waals surface area (Å²) in [4.78, 5) is 0. The summed E-state index contributed by atoms with van der Waals surface area (Å²) in [7, 11) is -3.16. The summed E-state index contributed by atoms with van der Waals surface area (Å²) >= 11 is 0. The van der Waals surface area contributed by atoms with E-state index in [2.05, 4.69) is 9.82 Å². The molecular weight excluding hydrogens is 240 g/mol. The number of hydrogen-bond donors (Lipinski definition) is 2. The van der Waals surface area contributed by atoms with Crippen molar-refractivity contribution in [2.75, 3.05) is 18.8 Å². The van der Waals surface area contributed by atoms with Gasteiger partial charge in [0.05, 0.1) is 18.5 Å². The van der Waals surface area contributed by atoms with E-state index in [4.69, 9.17) is 5.73 Å². The van der Waals surface area contributed by atoms with Gasteiger partial charge in [-0.15, -0.1) is 0 Å². The molecule has 7 heteroatoms. The van der Waals surface area contributed by atoms with Gasteiger partial charge >= 0.3 is 0 Å². The van der Waals surface area contributed by atoms with Crippen molar-refractivity contribution < 1.29 is 8.42 Å². The van der Waals surface area contributed by atoms with Crippen LogP contribution in [0.3, 0.4) is 0 Å². The van der Waals surface area contributed by atoms with E-state index >= 15 is 0 Å². The molecule has 0 unspecified atom stereocenters. The molecule has 0 fully saturated rings. The fourth-order valence-corrected chi connectivity index (χ4v) is 2.54. The van der Waals surface area contributed by atoms with Crippen molar-refractivity contribution in [1.82, 2.24) is 14.5 Å². The van der Waals surface area contributed by atoms with Gasteiger partial charge in [-0.25, -0.2) is 13.1 Å². The zero-order valence-corrected chi connectivity index (χ0v) is 10.9. The van der Waals surface area contributed by atoms with Gasteiger partial charge < -0.3 is 5.73 Å². The molecule has 0 atom stereocenters. The molecule has 0 radical (unpaired) electrons. The first-order valence-corrected chi connectivity index (χ1v) is 7.35. The van der Waals surface area contributed by atoms with Crippen molar-refractivity contribution in [2.24, 2.45) is 5.73 Å². The second-order valence-corrected chi connectivity index (χ2v) is 5.92. The van der Waals surface area contributed by atoms with Crippen LogP contribution in [-0.4, -0.2) is 37.0 Å². The van der Waals surface area contributed by atoms with E-state index < -0.39 is 10.0 Å². The van der Waals surface area contributed by atoms with E-state index in [9.17, 15) is 8.42 Å². The lowest BCUT2D eigenvalue weighted by Crippen LogP contribution is -2.29. The number of unbranched alkanes of at least 4 members (excludes halogenated alkanes) is 1. The van der Waals surface area contributed by atoms with E-state index in [1.807, 2.05) is 13.1 Å². The lowest BCUT2D eigenvalue weighted by molar-refractivity contribution is 0.558. The molecule has 0 saturated heterocycles. The molecule has 3 N–H and O–H groups in total. The summed E-state index contributed by atoms with van der Waals surface area (Å²) < 4.78 is 27.3. The molecule has 0 spiro atoms. The number of hydrogen-bond acceptors (Lipinski definition) is 4. The SMILES string of the molecule is Cc1cnn(CCNS(=O)(=O)CCCCN)c1. The molecule has 1 aromatic heterocycles. The number of aryl methyl sites for hydroxylation is 1. The summed E-state index contributed by atoms with van der Waals surface area (Å²) in [5.41, 5.74) is 6.38. The van der Waals surface area contributed by atoms with Crippen molar-refractivity contribution >= 4 is 10.0 Å². The number of nitrogens with one attached hydrogen (secondary N) is 1. The van der Waals surface area contributed by atoms with Crippen LogP contribution in [0.1, 0.15) is 18.4 Å². The van der Waals surface area contributed by atoms with Crippen LogP contribution in [0.15, 0.2) is 12.4 Å². The Labute approximate surface area is 102 Å². The minimum absolute atomic E-state index is 0.141. The van der Waals surface area contributed by atoms with Gasteiger partial charge in [-0.3, -0.25) is 4.68 Å². The molecule has 0 aromatic carbocycles. The Balaban J connectivity index is 2.25. The maximum atomic E-state index is 11.5. The first kappa shape index (κ1) is 14.1. The smallest absolute Gasteiger partial charge is 0.211 e. The number of aromatic nitrogens is 2. The van der Waals surface area contributed by atoms with Gasteiger partial charge in [0.25, 0.3) is 0 Å². The predicted molar refractivity (Wildman–Crippen MR) is 67.0 cm³/mol. The highest BCUT2D eigenvalue weighted by Gasteiger charge is 2.08. The quantitative estimate of drug-likeness (QED) is 0.636. The number of nitrogens with two attached hydrogens (primary N) is 1. The lowest BCUT2D eigenvalue weighted by Gasteiger charge is -2.06. The Morgan fingerprint density at radius 2 is 2.24 bits per heavy atom. The average Bonchev–Trinajstić information content (AvgIpc) is 2.64. The predicted octanol–water partition coefficient (Wildman–Crippen LogP) is -0.150. The van der Waals surface area contributed by atoms with Crippen LogP contribution in [0, 0.1) is 6.92 Å². The maximum absolute atomic E-state index is 11.5. The number of sulfonamides is 1. The van der Waals surface area contributed by atoms with E-state index in [0.717, 1.165) is 12.0 Å². The largest absolute Gasteiger partial charge is 0.330 e. The number of nitrogens with zero attached hydrogens (tertiary/aromatic N) is 2. The molecule has 1 heterocycles. The molecule has 0 aliphatic heterocycles. The van der Waals surface area contributed by atoms with Gasteiger partial charge in [0.2, 0.25) is 10.0 Å². The fourth-order valence-electron chi connectivity index (χ4n) is 1.41. The Hall–Kier alpha value is -0.920. The van der Waals surface area contributed by atoms with Crippen LogP contribution in [0.25, 0.3) is 0 Å². The van der Waals surface area contributed by atoms with Gasteiger partial charge in [-0.1, -0.05) is 0 Å². The topological polar surface area (TPSA) is 90.0 Å². The molecule has 1 rings (SSSR count). The maximum Gasteiger partial charge on any atom is 0.211 e. The lowest BCUT2D eigenvalue weighted by atomic mass is 10.3. The van der Waals surface area contributed by atoms with Gasteiger partial charge in [0, 0.05) is 12.7 Å². The second-order valence-electron chi connectivity index (χ2n) is 3.99. The third-order valence-corrected chi connectivity index (χ3v) is 3.76. The Kier molecular flexibility index (Phi) is 5.60. The first-order valence-electron chi connectivity index (χ1n) is 5.70. The van der Waals surface area contributed by atoms with Crippen molar-refractivity contribution in [2.45, 2.75) is 26.3 Å². The Bertz CT molecular complexity index is 427. The molecule has 0 aliphatic rings. The highest BCUT2D eigenvalue weighted by molar-refractivity contribution is 7.89. The summed E-state index contributed by atoms with van der Waals surface area (Å²) in [6.07, 6.45) is 4.96. The van der Waals surface area contributed by atoms with E-state index in [1.54, 1.807) is 10.9 Å². The van der Waals surface area contributed by atoms with Gasteiger partial charge in [-0.2, -0.15) is 5.10 Å². The van der Waals surface area contributed by atoms with Crippen LogP contribution < -0.4 is 10.5 Å². The minimum atomic E-state index is -3.16.